The van der Waals surface area contributed by atoms with Crippen molar-refractivity contribution < 1.29 is 0 Å². The highest BCUT2D eigenvalue weighted by Gasteiger charge is 2.17. The van der Waals surface area contributed by atoms with Crippen LogP contribution >= 0.6 is 24.0 Å². The van der Waals surface area contributed by atoms with Gasteiger partial charge in [-0.3, -0.25) is 4.99 Å². The molecule has 1 atom stereocenters. The lowest BCUT2D eigenvalue weighted by Gasteiger charge is -2.33. The van der Waals surface area contributed by atoms with Gasteiger partial charge in [-0.15, -0.1) is 24.0 Å². The molecule has 1 aliphatic rings. The molecule has 1 aliphatic heterocycles. The fourth-order valence-corrected chi connectivity index (χ4v) is 3.60. The summed E-state index contributed by atoms with van der Waals surface area (Å²) in [5.41, 5.74) is 2.69. The van der Waals surface area contributed by atoms with Crippen molar-refractivity contribution in [2.75, 3.05) is 40.8 Å². The van der Waals surface area contributed by atoms with Gasteiger partial charge in [0.05, 0.1) is 0 Å². The van der Waals surface area contributed by atoms with Gasteiger partial charge in [-0.1, -0.05) is 30.7 Å². The minimum atomic E-state index is 0. The monoisotopic (exact) mass is 487 g/mol. The number of nitrogens with zero attached hydrogens (tertiary/aromatic N) is 3. The van der Waals surface area contributed by atoms with Crippen LogP contribution in [0.2, 0.25) is 0 Å². The molecule has 0 bridgehead atoms. The normalized spacial score (nSPS) is 18.3. The van der Waals surface area contributed by atoms with Gasteiger partial charge < -0.3 is 20.4 Å². The quantitative estimate of drug-likeness (QED) is 0.256. The summed E-state index contributed by atoms with van der Waals surface area (Å²) in [6.07, 6.45) is 5.25. The van der Waals surface area contributed by atoms with E-state index in [-0.39, 0.29) is 24.0 Å². The predicted molar refractivity (Wildman–Crippen MR) is 127 cm³/mol. The van der Waals surface area contributed by atoms with E-state index in [1.54, 1.807) is 0 Å². The Labute approximate surface area is 183 Å². The van der Waals surface area contributed by atoms with E-state index in [1.807, 2.05) is 7.05 Å². The number of piperidine rings is 1. The van der Waals surface area contributed by atoms with E-state index in [1.165, 1.54) is 43.5 Å². The third kappa shape index (κ3) is 8.79. The maximum absolute atomic E-state index is 4.36. The smallest absolute Gasteiger partial charge is 0.191 e. The Bertz CT molecular complexity index is 561. The Morgan fingerprint density at radius 2 is 1.93 bits per heavy atom. The zero-order valence-electron chi connectivity index (χ0n) is 17.5. The summed E-state index contributed by atoms with van der Waals surface area (Å²) in [6, 6.07) is 9.35. The first-order valence-electron chi connectivity index (χ1n) is 10.00. The molecule has 5 nitrogen and oxygen atoms in total. The molecule has 0 amide bonds. The molecule has 0 spiro atoms. The summed E-state index contributed by atoms with van der Waals surface area (Å²) in [7, 11) is 6.05. The van der Waals surface area contributed by atoms with E-state index >= 15 is 0 Å². The van der Waals surface area contributed by atoms with Crippen molar-refractivity contribution in [3.63, 3.8) is 0 Å². The average Bonchev–Trinajstić information content (AvgIpc) is 2.63. The number of hydrogen-bond acceptors (Lipinski definition) is 3. The van der Waals surface area contributed by atoms with Gasteiger partial charge in [0.2, 0.25) is 0 Å². The molecule has 1 aromatic rings. The molecular weight excluding hydrogens is 449 g/mol. The number of halogens is 1. The van der Waals surface area contributed by atoms with Gasteiger partial charge in [0.1, 0.15) is 0 Å². The second-order valence-electron chi connectivity index (χ2n) is 7.59. The zero-order valence-corrected chi connectivity index (χ0v) is 19.8. The van der Waals surface area contributed by atoms with Crippen LogP contribution in [0, 0.1) is 0 Å². The molecule has 0 saturated carbocycles. The second kappa shape index (κ2) is 13.3. The van der Waals surface area contributed by atoms with Crippen molar-refractivity contribution >= 4 is 29.9 Å². The van der Waals surface area contributed by atoms with Crippen molar-refractivity contribution in [3.05, 3.63) is 35.4 Å². The number of rotatable bonds is 8. The predicted octanol–water partition coefficient (Wildman–Crippen LogP) is 3.30. The molecule has 6 heteroatoms. The molecule has 0 aromatic heterocycles. The second-order valence-corrected chi connectivity index (χ2v) is 7.59. The lowest BCUT2D eigenvalue weighted by Crippen LogP contribution is -2.41. The van der Waals surface area contributed by atoms with Gasteiger partial charge in [0.15, 0.2) is 5.96 Å². The fourth-order valence-electron chi connectivity index (χ4n) is 3.60. The van der Waals surface area contributed by atoms with Gasteiger partial charge in [-0.05, 0) is 58.0 Å². The van der Waals surface area contributed by atoms with Crippen LogP contribution in [-0.4, -0.2) is 62.6 Å². The molecule has 1 fully saturated rings. The van der Waals surface area contributed by atoms with Gasteiger partial charge >= 0.3 is 0 Å². The number of aliphatic imine (C=N–C) groups is 1. The Hall–Kier alpha value is -0.860. The van der Waals surface area contributed by atoms with Crippen LogP contribution in [0.4, 0.5) is 0 Å². The standard InChI is InChI=1S/C21H37N5.HI/c1-18-10-7-8-14-26(18)15-9-13-23-21(22-2)24-16-19-11-5-6-12-20(19)17-25(3)4;/h5-6,11-12,18H,7-10,13-17H2,1-4H3,(H2,22,23,24);1H. The van der Waals surface area contributed by atoms with E-state index in [2.05, 4.69) is 70.7 Å². The highest BCUT2D eigenvalue weighted by molar-refractivity contribution is 14.0. The summed E-state index contributed by atoms with van der Waals surface area (Å²) in [4.78, 5) is 9.19. The van der Waals surface area contributed by atoms with Crippen molar-refractivity contribution in [2.45, 2.75) is 51.7 Å². The summed E-state index contributed by atoms with van der Waals surface area (Å²) in [5, 5.41) is 6.91. The van der Waals surface area contributed by atoms with E-state index in [4.69, 9.17) is 0 Å². The van der Waals surface area contributed by atoms with E-state index in [9.17, 15) is 0 Å². The molecule has 1 aromatic carbocycles. The Morgan fingerprint density at radius 1 is 1.19 bits per heavy atom. The van der Waals surface area contributed by atoms with Crippen molar-refractivity contribution in [2.24, 2.45) is 4.99 Å². The van der Waals surface area contributed by atoms with Crippen LogP contribution in [0.15, 0.2) is 29.3 Å². The van der Waals surface area contributed by atoms with Crippen molar-refractivity contribution in [1.82, 2.24) is 20.4 Å². The first kappa shape index (κ1) is 24.2. The highest BCUT2D eigenvalue weighted by atomic mass is 127. The topological polar surface area (TPSA) is 42.9 Å². The molecular formula is C21H38IN5. The van der Waals surface area contributed by atoms with Gasteiger partial charge in [-0.2, -0.15) is 0 Å². The van der Waals surface area contributed by atoms with Crippen LogP contribution in [0.3, 0.4) is 0 Å². The van der Waals surface area contributed by atoms with E-state index in [0.29, 0.717) is 0 Å². The number of hydrogen-bond donors (Lipinski definition) is 2. The van der Waals surface area contributed by atoms with Crippen molar-refractivity contribution in [3.8, 4) is 0 Å². The molecule has 2 N–H and O–H groups in total. The highest BCUT2D eigenvalue weighted by Crippen LogP contribution is 2.16. The number of nitrogens with one attached hydrogen (secondary N) is 2. The Balaban J connectivity index is 0.00000364. The molecule has 0 radical (unpaired) electrons. The maximum Gasteiger partial charge on any atom is 0.191 e. The lowest BCUT2D eigenvalue weighted by molar-refractivity contribution is 0.159. The zero-order chi connectivity index (χ0) is 18.8. The van der Waals surface area contributed by atoms with Crippen molar-refractivity contribution in [1.29, 1.82) is 0 Å². The van der Waals surface area contributed by atoms with E-state index in [0.717, 1.165) is 38.1 Å². The summed E-state index contributed by atoms with van der Waals surface area (Å²) in [5.74, 6) is 0.886. The lowest BCUT2D eigenvalue weighted by atomic mass is 10.0. The molecule has 0 aliphatic carbocycles. The average molecular weight is 487 g/mol. The van der Waals surface area contributed by atoms with Crippen LogP contribution in [0.1, 0.15) is 43.7 Å². The van der Waals surface area contributed by atoms with Crippen LogP contribution in [0.5, 0.6) is 0 Å². The summed E-state index contributed by atoms with van der Waals surface area (Å²) in [6.45, 7) is 7.51. The minimum Gasteiger partial charge on any atom is -0.356 e. The third-order valence-electron chi connectivity index (χ3n) is 5.13. The number of benzene rings is 1. The molecule has 2 rings (SSSR count). The van der Waals surface area contributed by atoms with Crippen LogP contribution < -0.4 is 10.6 Å². The maximum atomic E-state index is 4.36. The first-order chi connectivity index (χ1) is 12.6. The SMILES string of the molecule is CN=C(NCCCN1CCCCC1C)NCc1ccccc1CN(C)C.I. The molecule has 1 saturated heterocycles. The molecule has 27 heavy (non-hydrogen) atoms. The molecule has 154 valence electrons. The number of guanidine groups is 1. The molecule has 1 unspecified atom stereocenters. The molecule has 1 heterocycles. The third-order valence-corrected chi connectivity index (χ3v) is 5.13. The summed E-state index contributed by atoms with van der Waals surface area (Å²) < 4.78 is 0. The number of likely N-dealkylation sites (tertiary alicyclic amines) is 1. The minimum absolute atomic E-state index is 0. The van der Waals surface area contributed by atoms with E-state index < -0.39 is 0 Å². The van der Waals surface area contributed by atoms with Gasteiger partial charge in [0.25, 0.3) is 0 Å². The van der Waals surface area contributed by atoms with Gasteiger partial charge in [0, 0.05) is 39.3 Å². The fraction of sp³-hybridized carbons (Fsp3) is 0.667. The largest absolute Gasteiger partial charge is 0.356 e. The Kier molecular flexibility index (Phi) is 11.9. The van der Waals surface area contributed by atoms with Gasteiger partial charge in [-0.25, -0.2) is 0 Å². The van der Waals surface area contributed by atoms with Crippen LogP contribution in [0.25, 0.3) is 0 Å². The first-order valence-corrected chi connectivity index (χ1v) is 10.00. The van der Waals surface area contributed by atoms with Crippen LogP contribution in [-0.2, 0) is 13.1 Å². The Morgan fingerprint density at radius 3 is 2.59 bits per heavy atom. The summed E-state index contributed by atoms with van der Waals surface area (Å²) >= 11 is 0.